The Morgan fingerprint density at radius 3 is 2.40 bits per heavy atom. The first-order valence-electron chi connectivity index (χ1n) is 14.8. The number of ether oxygens (including phenoxy) is 1. The predicted octanol–water partition coefficient (Wildman–Crippen LogP) is 2.91. The van der Waals surface area contributed by atoms with E-state index in [1.54, 1.807) is 47.6 Å². The molecule has 1 amide bonds. The van der Waals surface area contributed by atoms with Crippen LogP contribution < -0.4 is 20.7 Å². The molecule has 0 saturated heterocycles. The highest BCUT2D eigenvalue weighted by Crippen LogP contribution is 2.55. The third-order valence-corrected chi connectivity index (χ3v) is 10.3. The molecule has 1 fully saturated rings. The van der Waals surface area contributed by atoms with Gasteiger partial charge in [0, 0.05) is 37.5 Å². The smallest absolute Gasteiger partial charge is 0.255 e. The third-order valence-electron chi connectivity index (χ3n) is 9.30. The van der Waals surface area contributed by atoms with E-state index in [2.05, 4.69) is 10.3 Å². The topological polar surface area (TPSA) is 199 Å². The summed E-state index contributed by atoms with van der Waals surface area (Å²) in [5.74, 6) is -6.29. The van der Waals surface area contributed by atoms with Crippen LogP contribution in [0.1, 0.15) is 17.5 Å². The minimum absolute atomic E-state index is 0.00659. The van der Waals surface area contributed by atoms with Crippen LogP contribution in [-0.4, -0.2) is 94.7 Å². The minimum atomic E-state index is -2.71. The van der Waals surface area contributed by atoms with Gasteiger partial charge in [-0.1, -0.05) is 11.3 Å². The Kier molecular flexibility index (Phi) is 7.77. The fourth-order valence-electron chi connectivity index (χ4n) is 7.12. The molecule has 0 radical (unpaired) electrons. The fourth-order valence-corrected chi connectivity index (χ4v) is 7.96. The zero-order valence-electron chi connectivity index (χ0n) is 26.4. The van der Waals surface area contributed by atoms with Crippen LogP contribution in [0.2, 0.25) is 0 Å². The Balaban J connectivity index is 1.45. The highest BCUT2D eigenvalue weighted by molar-refractivity contribution is 7.19. The van der Waals surface area contributed by atoms with E-state index in [9.17, 15) is 34.8 Å². The van der Waals surface area contributed by atoms with E-state index < -0.39 is 58.0 Å². The van der Waals surface area contributed by atoms with E-state index in [0.717, 1.165) is 16.2 Å². The summed E-state index contributed by atoms with van der Waals surface area (Å²) in [4.78, 5) is 48.4. The molecule has 13 nitrogen and oxygen atoms in total. The number of nitrogens with two attached hydrogens (primary N) is 1. The number of ketones is 2. The second-order valence-corrected chi connectivity index (χ2v) is 13.4. The van der Waals surface area contributed by atoms with Crippen molar-refractivity contribution < 1.29 is 39.5 Å². The Labute approximate surface area is 274 Å². The van der Waals surface area contributed by atoms with Crippen LogP contribution >= 0.6 is 11.3 Å². The maximum Gasteiger partial charge on any atom is 0.255 e. The maximum absolute atomic E-state index is 14.2. The zero-order valence-corrected chi connectivity index (χ0v) is 27.2. The molecule has 6 rings (SSSR count). The molecule has 1 aromatic heterocycles. The number of phenols is 1. The summed E-state index contributed by atoms with van der Waals surface area (Å²) < 4.78 is 5.23. The molecule has 14 heteroatoms. The van der Waals surface area contributed by atoms with Gasteiger partial charge in [-0.3, -0.25) is 19.3 Å². The largest absolute Gasteiger partial charge is 0.508 e. The van der Waals surface area contributed by atoms with Gasteiger partial charge in [-0.05, 0) is 74.3 Å². The number of hydrogen-bond donors (Lipinski definition) is 6. The highest BCUT2D eigenvalue weighted by Gasteiger charge is 2.64. The average Bonchev–Trinajstić information content (AvgIpc) is 3.48. The van der Waals surface area contributed by atoms with Gasteiger partial charge in [-0.25, -0.2) is 4.98 Å². The summed E-state index contributed by atoms with van der Waals surface area (Å²) in [7, 11) is 8.32. The lowest BCUT2D eigenvalue weighted by Gasteiger charge is -2.50. The quantitative estimate of drug-likeness (QED) is 0.160. The number of benzene rings is 2. The Bertz CT molecular complexity index is 1900. The number of methoxy groups -OCH3 is 1. The Morgan fingerprint density at radius 1 is 1.13 bits per heavy atom. The second-order valence-electron chi connectivity index (χ2n) is 12.4. The molecule has 246 valence electrons. The van der Waals surface area contributed by atoms with Crippen LogP contribution in [0.4, 0.5) is 16.5 Å². The SMILES string of the molecule is COc1ccc(-c2cnc(Nc3cc(N(C)C)c4c(c3O)C(O)=C3C(=O)[C@]5(O)C(O)=C(C(N)=O)C(=O)[C@@H](N(C)C)C5CC3C4)s2)cc1. The summed E-state index contributed by atoms with van der Waals surface area (Å²) in [5, 5.41) is 49.9. The first-order valence-corrected chi connectivity index (χ1v) is 15.6. The van der Waals surface area contributed by atoms with Crippen molar-refractivity contribution in [2.45, 2.75) is 24.5 Å². The number of aliphatic hydroxyl groups excluding tert-OH is 2. The number of primary amides is 1. The van der Waals surface area contributed by atoms with E-state index in [4.69, 9.17) is 10.5 Å². The molecule has 3 aliphatic carbocycles. The number of fused-ring (bicyclic) bond motifs is 3. The molecule has 0 bridgehead atoms. The molecule has 0 spiro atoms. The van der Waals surface area contributed by atoms with E-state index >= 15 is 0 Å². The molecule has 3 aliphatic rings. The Morgan fingerprint density at radius 2 is 1.81 bits per heavy atom. The number of rotatable bonds is 7. The number of Topliss-reactive ketones (excluding diaryl/α,β-unsaturated/α-hetero) is 2. The number of aliphatic hydroxyl groups is 3. The lowest BCUT2D eigenvalue weighted by Crippen LogP contribution is -2.65. The van der Waals surface area contributed by atoms with Gasteiger partial charge in [0.2, 0.25) is 5.78 Å². The number of aromatic hydroxyl groups is 1. The van der Waals surface area contributed by atoms with Crippen molar-refractivity contribution in [3.63, 3.8) is 0 Å². The van der Waals surface area contributed by atoms with E-state index in [0.29, 0.717) is 16.4 Å². The van der Waals surface area contributed by atoms with Crippen molar-refractivity contribution in [1.82, 2.24) is 9.88 Å². The molecule has 1 heterocycles. The number of likely N-dealkylation sites (N-methyl/N-ethyl adjacent to an activating group) is 1. The molecular formula is C33H35N5O8S. The molecule has 2 unspecified atom stereocenters. The van der Waals surface area contributed by atoms with Crippen molar-refractivity contribution in [2.75, 3.05) is 45.5 Å². The number of thiazole rings is 1. The Hall–Kier alpha value is -4.92. The predicted molar refractivity (Wildman–Crippen MR) is 176 cm³/mol. The number of aromatic nitrogens is 1. The number of amides is 1. The summed E-state index contributed by atoms with van der Waals surface area (Å²) in [5.41, 5.74) is 3.95. The lowest BCUT2D eigenvalue weighted by molar-refractivity contribution is -0.153. The van der Waals surface area contributed by atoms with E-state index in [1.165, 1.54) is 16.2 Å². The minimum Gasteiger partial charge on any atom is -0.508 e. The molecule has 4 atom stereocenters. The van der Waals surface area contributed by atoms with Crippen LogP contribution in [0.25, 0.3) is 16.2 Å². The number of hydrogen-bond acceptors (Lipinski definition) is 13. The van der Waals surface area contributed by atoms with E-state index in [1.807, 2.05) is 29.2 Å². The summed E-state index contributed by atoms with van der Waals surface area (Å²) in [6.45, 7) is 0. The number of carbonyl (C=O) groups is 3. The summed E-state index contributed by atoms with van der Waals surface area (Å²) >= 11 is 1.34. The summed E-state index contributed by atoms with van der Waals surface area (Å²) in [6, 6.07) is 8.06. The first-order chi connectivity index (χ1) is 22.2. The monoisotopic (exact) mass is 661 g/mol. The van der Waals surface area contributed by atoms with Gasteiger partial charge in [-0.15, -0.1) is 0 Å². The van der Waals surface area contributed by atoms with Crippen molar-refractivity contribution >= 4 is 51.1 Å². The van der Waals surface area contributed by atoms with Gasteiger partial charge in [0.15, 0.2) is 16.5 Å². The van der Waals surface area contributed by atoms with Gasteiger partial charge < -0.3 is 41.1 Å². The standard InChI is InChI=1S/C33H35N5O8S/c1-37(2)20-12-19(36-32-35-13-21(47-32)14-6-8-16(46-5)9-7-14)26(39)23-17(20)10-15-11-18-25(38(3)4)28(41)24(31(34)44)30(43)33(18,45)29(42)22(15)27(23)40/h6-9,12-13,15,18,25,39-40,43,45H,10-11H2,1-5H3,(H2,34,44)(H,35,36)/t15?,18?,25-,33-/m0/s1. The maximum atomic E-state index is 14.2. The molecule has 3 aromatic rings. The first kappa shape index (κ1) is 32.0. The molecule has 2 aromatic carbocycles. The number of nitrogens with one attached hydrogen (secondary N) is 1. The number of phenolic OH excluding ortho intramolecular Hbond substituents is 1. The number of anilines is 3. The molecule has 7 N–H and O–H groups in total. The average molecular weight is 662 g/mol. The normalized spacial score (nSPS) is 23.8. The van der Waals surface area contributed by atoms with Gasteiger partial charge >= 0.3 is 0 Å². The van der Waals surface area contributed by atoms with Gasteiger partial charge in [-0.2, -0.15) is 0 Å². The summed E-state index contributed by atoms with van der Waals surface area (Å²) in [6.07, 6.45) is 1.87. The van der Waals surface area contributed by atoms with Gasteiger partial charge in [0.1, 0.15) is 28.6 Å². The van der Waals surface area contributed by atoms with Crippen molar-refractivity contribution in [2.24, 2.45) is 17.6 Å². The van der Waals surface area contributed by atoms with Crippen LogP contribution in [0, 0.1) is 11.8 Å². The number of carbonyl (C=O) groups excluding carboxylic acids is 3. The highest BCUT2D eigenvalue weighted by atomic mass is 32.1. The zero-order chi connectivity index (χ0) is 34.1. The van der Waals surface area contributed by atoms with Gasteiger partial charge in [0.25, 0.3) is 5.91 Å². The van der Waals surface area contributed by atoms with Crippen molar-refractivity contribution in [3.8, 4) is 21.9 Å². The molecule has 1 saturated carbocycles. The van der Waals surface area contributed by atoms with Crippen molar-refractivity contribution in [1.29, 1.82) is 0 Å². The third kappa shape index (κ3) is 4.82. The molecule has 47 heavy (non-hydrogen) atoms. The van der Waals surface area contributed by atoms with Crippen LogP contribution in [0.3, 0.4) is 0 Å². The van der Waals surface area contributed by atoms with E-state index in [-0.39, 0.29) is 35.4 Å². The lowest BCUT2D eigenvalue weighted by atomic mass is 9.57. The second kappa shape index (κ2) is 11.4. The molecular weight excluding hydrogens is 626 g/mol. The van der Waals surface area contributed by atoms with Crippen LogP contribution in [0.15, 0.2) is 53.4 Å². The van der Waals surface area contributed by atoms with Gasteiger partial charge in [0.05, 0.1) is 29.3 Å². The fraction of sp³-hybridized carbons (Fsp3) is 0.333. The van der Waals surface area contributed by atoms with Crippen molar-refractivity contribution in [3.05, 3.63) is 64.6 Å². The van der Waals surface area contributed by atoms with Crippen LogP contribution in [-0.2, 0) is 20.8 Å². The number of nitrogens with zero attached hydrogens (tertiary/aromatic N) is 3. The van der Waals surface area contributed by atoms with Crippen LogP contribution in [0.5, 0.6) is 11.5 Å². The molecule has 0 aliphatic heterocycles.